The lowest BCUT2D eigenvalue weighted by Gasteiger charge is -2.36. The summed E-state index contributed by atoms with van der Waals surface area (Å²) in [6, 6.07) is 0. The second kappa shape index (κ2) is 5.09. The highest BCUT2D eigenvalue weighted by molar-refractivity contribution is 5.85. The number of carboxylic acids is 1. The van der Waals surface area contributed by atoms with Crippen molar-refractivity contribution in [2.24, 2.45) is 0 Å². The summed E-state index contributed by atoms with van der Waals surface area (Å²) >= 11 is 0. The summed E-state index contributed by atoms with van der Waals surface area (Å²) in [5, 5.41) is 28.6. The van der Waals surface area contributed by atoms with E-state index < -0.39 is 29.6 Å². The van der Waals surface area contributed by atoms with Crippen LogP contribution in [-0.2, 0) is 14.3 Å². The highest BCUT2D eigenvalue weighted by Gasteiger charge is 2.53. The van der Waals surface area contributed by atoms with Crippen molar-refractivity contribution in [1.29, 1.82) is 0 Å². The number of ether oxygens (including phenoxy) is 1. The van der Waals surface area contributed by atoms with E-state index in [0.29, 0.717) is 0 Å². The van der Waals surface area contributed by atoms with E-state index in [2.05, 4.69) is 11.3 Å². The molecule has 2 atom stereocenters. The van der Waals surface area contributed by atoms with E-state index in [0.717, 1.165) is 14.0 Å². The molecule has 16 heavy (non-hydrogen) atoms. The van der Waals surface area contributed by atoms with Crippen molar-refractivity contribution in [3.05, 3.63) is 12.7 Å². The Balaban J connectivity index is 5.17. The molecule has 0 saturated carbocycles. The molecule has 92 valence electrons. The average Bonchev–Trinajstić information content (AvgIpc) is 2.16. The molecule has 2 unspecified atom stereocenters. The van der Waals surface area contributed by atoms with Gasteiger partial charge in [-0.3, -0.25) is 4.79 Å². The summed E-state index contributed by atoms with van der Waals surface area (Å²) in [7, 11) is 1.06. The number of aliphatic hydroxyl groups is 2. The van der Waals surface area contributed by atoms with Crippen LogP contribution in [0.25, 0.3) is 0 Å². The maximum Gasteiger partial charge on any atom is 0.339 e. The standard InChI is InChI=1S/C10H16O6/c1-4-5-9(2,14)10(15,8(12)13)6-7(11)16-3/h4,14-15H,1,5-6H2,2-3H3,(H,12,13). The maximum absolute atomic E-state index is 11.0. The molecule has 6 nitrogen and oxygen atoms in total. The normalized spacial score (nSPS) is 18.0. The molecule has 0 aliphatic heterocycles. The van der Waals surface area contributed by atoms with Crippen molar-refractivity contribution in [3.63, 3.8) is 0 Å². The topological polar surface area (TPSA) is 104 Å². The lowest BCUT2D eigenvalue weighted by atomic mass is 9.79. The molecule has 0 amide bonds. The number of hydrogen-bond acceptors (Lipinski definition) is 5. The number of rotatable bonds is 6. The Labute approximate surface area is 93.2 Å². The summed E-state index contributed by atoms with van der Waals surface area (Å²) in [6.45, 7) is 4.45. The molecule has 0 aliphatic rings. The predicted octanol–water partition coefficient (Wildman–Crippen LogP) is -0.308. The zero-order valence-electron chi connectivity index (χ0n) is 9.27. The highest BCUT2D eigenvalue weighted by atomic mass is 16.5. The summed E-state index contributed by atoms with van der Waals surface area (Å²) in [5.41, 5.74) is -4.61. The number of hydrogen-bond donors (Lipinski definition) is 3. The van der Waals surface area contributed by atoms with E-state index in [9.17, 15) is 19.8 Å². The van der Waals surface area contributed by atoms with Crippen molar-refractivity contribution in [1.82, 2.24) is 0 Å². The van der Waals surface area contributed by atoms with Gasteiger partial charge in [-0.1, -0.05) is 6.08 Å². The van der Waals surface area contributed by atoms with Gasteiger partial charge in [-0.2, -0.15) is 0 Å². The van der Waals surface area contributed by atoms with Gasteiger partial charge in [0.25, 0.3) is 0 Å². The van der Waals surface area contributed by atoms with Crippen LogP contribution in [0.3, 0.4) is 0 Å². The Hall–Kier alpha value is -1.40. The minimum absolute atomic E-state index is 0.174. The second-order valence-corrected chi connectivity index (χ2v) is 3.68. The minimum atomic E-state index is -2.60. The van der Waals surface area contributed by atoms with Crippen LogP contribution in [0.15, 0.2) is 12.7 Å². The van der Waals surface area contributed by atoms with E-state index in [1.807, 2.05) is 0 Å². The Morgan fingerprint density at radius 1 is 1.44 bits per heavy atom. The zero-order chi connectivity index (χ0) is 13.0. The molecule has 0 spiro atoms. The third kappa shape index (κ3) is 2.80. The number of esters is 1. The first-order chi connectivity index (χ1) is 7.21. The summed E-state index contributed by atoms with van der Waals surface area (Å²) in [5.74, 6) is -2.61. The monoisotopic (exact) mass is 232 g/mol. The molecular weight excluding hydrogens is 216 g/mol. The molecule has 3 N–H and O–H groups in total. The lowest BCUT2D eigenvalue weighted by Crippen LogP contribution is -2.58. The second-order valence-electron chi connectivity index (χ2n) is 3.68. The fourth-order valence-electron chi connectivity index (χ4n) is 1.23. The smallest absolute Gasteiger partial charge is 0.339 e. The van der Waals surface area contributed by atoms with E-state index in [4.69, 9.17) is 5.11 Å². The largest absolute Gasteiger partial charge is 0.479 e. The lowest BCUT2D eigenvalue weighted by molar-refractivity contribution is -0.195. The van der Waals surface area contributed by atoms with Crippen LogP contribution in [0.5, 0.6) is 0 Å². The molecule has 0 radical (unpaired) electrons. The fourth-order valence-corrected chi connectivity index (χ4v) is 1.23. The zero-order valence-corrected chi connectivity index (χ0v) is 9.27. The molecule has 6 heteroatoms. The van der Waals surface area contributed by atoms with E-state index in [1.54, 1.807) is 0 Å². The molecule has 0 fully saturated rings. The van der Waals surface area contributed by atoms with Gasteiger partial charge in [-0.15, -0.1) is 6.58 Å². The third-order valence-corrected chi connectivity index (χ3v) is 2.41. The van der Waals surface area contributed by atoms with Crippen molar-refractivity contribution in [3.8, 4) is 0 Å². The van der Waals surface area contributed by atoms with Gasteiger partial charge in [0.1, 0.15) is 5.60 Å². The number of carboxylic acid groups (broad SMARTS) is 1. The number of methoxy groups -OCH3 is 1. The van der Waals surface area contributed by atoms with Gasteiger partial charge in [0, 0.05) is 0 Å². The van der Waals surface area contributed by atoms with Crippen molar-refractivity contribution in [2.75, 3.05) is 7.11 Å². The van der Waals surface area contributed by atoms with Crippen LogP contribution in [-0.4, -0.2) is 45.6 Å². The third-order valence-electron chi connectivity index (χ3n) is 2.41. The van der Waals surface area contributed by atoms with Crippen LogP contribution in [0.2, 0.25) is 0 Å². The highest BCUT2D eigenvalue weighted by Crippen LogP contribution is 2.30. The fraction of sp³-hybridized carbons (Fsp3) is 0.600. The summed E-state index contributed by atoms with van der Waals surface area (Å²) in [6.07, 6.45) is 0.248. The molecule has 0 aliphatic carbocycles. The molecule has 0 saturated heterocycles. The van der Waals surface area contributed by atoms with Gasteiger partial charge in [0.05, 0.1) is 13.5 Å². The number of carbonyl (C=O) groups excluding carboxylic acids is 1. The molecule has 0 aromatic carbocycles. The minimum Gasteiger partial charge on any atom is -0.479 e. The van der Waals surface area contributed by atoms with Gasteiger partial charge in [-0.05, 0) is 13.3 Å². The van der Waals surface area contributed by atoms with E-state index >= 15 is 0 Å². The summed E-state index contributed by atoms with van der Waals surface area (Å²) < 4.78 is 4.27. The molecule has 0 heterocycles. The van der Waals surface area contributed by atoms with Gasteiger partial charge >= 0.3 is 11.9 Å². The molecule has 0 aromatic heterocycles. The Morgan fingerprint density at radius 3 is 2.25 bits per heavy atom. The van der Waals surface area contributed by atoms with Crippen LogP contribution in [0.1, 0.15) is 19.8 Å². The SMILES string of the molecule is C=CCC(C)(O)C(O)(CC(=O)OC)C(=O)O. The Kier molecular flexibility index (Phi) is 4.64. The number of aliphatic carboxylic acids is 1. The van der Waals surface area contributed by atoms with Crippen LogP contribution < -0.4 is 0 Å². The molecular formula is C10H16O6. The predicted molar refractivity (Wildman–Crippen MR) is 54.7 cm³/mol. The van der Waals surface area contributed by atoms with Crippen LogP contribution in [0, 0.1) is 0 Å². The van der Waals surface area contributed by atoms with Crippen molar-refractivity contribution >= 4 is 11.9 Å². The van der Waals surface area contributed by atoms with Crippen LogP contribution in [0.4, 0.5) is 0 Å². The Morgan fingerprint density at radius 2 is 1.94 bits per heavy atom. The average molecular weight is 232 g/mol. The van der Waals surface area contributed by atoms with Gasteiger partial charge in [0.15, 0.2) is 0 Å². The van der Waals surface area contributed by atoms with E-state index in [1.165, 1.54) is 6.08 Å². The first-order valence-electron chi connectivity index (χ1n) is 4.57. The molecule has 0 aromatic rings. The first-order valence-corrected chi connectivity index (χ1v) is 4.57. The number of carbonyl (C=O) groups is 2. The van der Waals surface area contributed by atoms with Crippen molar-refractivity contribution < 1.29 is 29.6 Å². The van der Waals surface area contributed by atoms with Gasteiger partial charge in [-0.25, -0.2) is 4.79 Å². The molecule has 0 rings (SSSR count). The Bertz CT molecular complexity index is 296. The molecule has 0 bridgehead atoms. The van der Waals surface area contributed by atoms with Crippen molar-refractivity contribution in [2.45, 2.75) is 31.0 Å². The summed E-state index contributed by atoms with van der Waals surface area (Å²) in [4.78, 5) is 21.9. The first kappa shape index (κ1) is 14.6. The van der Waals surface area contributed by atoms with E-state index in [-0.39, 0.29) is 6.42 Å². The van der Waals surface area contributed by atoms with Gasteiger partial charge in [0.2, 0.25) is 5.60 Å². The van der Waals surface area contributed by atoms with Gasteiger partial charge < -0.3 is 20.1 Å². The quantitative estimate of drug-likeness (QED) is 0.428. The maximum atomic E-state index is 11.0. The van der Waals surface area contributed by atoms with Crippen LogP contribution >= 0.6 is 0 Å².